The quantitative estimate of drug-likeness (QED) is 0.0659. The first-order valence-electron chi connectivity index (χ1n) is 24.2. The second-order valence-corrected chi connectivity index (χ2v) is 25.5. The SMILES string of the molecule is C=C1CN=C(/C=C\CCCCC2CCC2(C)CC)c2c(ccc3c2oc2cc(-c4ccccc4)ccc23)CCC(c2ccc3c(c2)oc2ccccc23)C1N(C)/C=C(\CC)[Si](C)(C)C. The van der Waals surface area contributed by atoms with Gasteiger partial charge in [-0.25, -0.2) is 0 Å². The number of allylic oxidation sites excluding steroid dienone is 3. The molecule has 1 aliphatic heterocycles. The number of furan rings is 2. The molecule has 9 rings (SSSR count). The summed E-state index contributed by atoms with van der Waals surface area (Å²) in [5.41, 5.74) is 12.4. The molecule has 4 unspecified atom stereocenters. The summed E-state index contributed by atoms with van der Waals surface area (Å²) < 4.78 is 13.6. The Morgan fingerprint density at radius 2 is 1.55 bits per heavy atom. The molecule has 1 aliphatic carbocycles. The van der Waals surface area contributed by atoms with E-state index in [1.54, 1.807) is 5.20 Å². The Hall–Kier alpha value is -5.39. The van der Waals surface area contributed by atoms with Crippen molar-refractivity contribution >= 4 is 57.7 Å². The van der Waals surface area contributed by atoms with Gasteiger partial charge in [-0.05, 0) is 127 Å². The van der Waals surface area contributed by atoms with Gasteiger partial charge in [0.05, 0.1) is 26.4 Å². The number of nitrogens with zero attached hydrogens (tertiary/aromatic N) is 2. The van der Waals surface area contributed by atoms with Crippen molar-refractivity contribution < 1.29 is 8.83 Å². The highest BCUT2D eigenvalue weighted by molar-refractivity contribution is 6.83. The van der Waals surface area contributed by atoms with Crippen LogP contribution in [0.5, 0.6) is 0 Å². The summed E-state index contributed by atoms with van der Waals surface area (Å²) in [4.78, 5) is 8.08. The summed E-state index contributed by atoms with van der Waals surface area (Å²) in [6, 6.07) is 37.3. The highest BCUT2D eigenvalue weighted by atomic mass is 28.3. The van der Waals surface area contributed by atoms with Crippen LogP contribution in [-0.4, -0.2) is 38.3 Å². The Bertz CT molecular complexity index is 2900. The zero-order valence-electron chi connectivity index (χ0n) is 39.5. The summed E-state index contributed by atoms with van der Waals surface area (Å²) in [7, 11) is 0.709. The largest absolute Gasteiger partial charge is 0.456 e. The fourth-order valence-corrected chi connectivity index (χ4v) is 12.8. The smallest absolute Gasteiger partial charge is 0.145 e. The van der Waals surface area contributed by atoms with E-state index in [2.05, 4.69) is 174 Å². The molecule has 0 amide bonds. The number of benzene rings is 5. The third kappa shape index (κ3) is 8.61. The zero-order chi connectivity index (χ0) is 44.6. The molecule has 0 radical (unpaired) electrons. The van der Waals surface area contributed by atoms with Gasteiger partial charge >= 0.3 is 0 Å². The van der Waals surface area contributed by atoms with Gasteiger partial charge in [0.1, 0.15) is 22.3 Å². The number of aliphatic imine (C=N–C) groups is 1. The van der Waals surface area contributed by atoms with Crippen molar-refractivity contribution in [2.45, 2.75) is 117 Å². The minimum Gasteiger partial charge on any atom is -0.456 e. The van der Waals surface area contributed by atoms with Crippen LogP contribution in [0.25, 0.3) is 55.0 Å². The van der Waals surface area contributed by atoms with Crippen molar-refractivity contribution in [1.82, 2.24) is 4.90 Å². The molecule has 4 atom stereocenters. The van der Waals surface area contributed by atoms with Crippen LogP contribution in [-0.2, 0) is 6.42 Å². The fourth-order valence-electron chi connectivity index (χ4n) is 11.1. The average Bonchev–Trinajstić information content (AvgIpc) is 3.86. The van der Waals surface area contributed by atoms with Gasteiger partial charge in [-0.1, -0.05) is 150 Å². The van der Waals surface area contributed by atoms with Gasteiger partial charge in [-0.3, -0.25) is 4.99 Å². The molecule has 3 heterocycles. The molecule has 5 aromatic carbocycles. The Kier molecular flexibility index (Phi) is 12.5. The highest BCUT2D eigenvalue weighted by Gasteiger charge is 2.40. The van der Waals surface area contributed by atoms with Gasteiger partial charge in [0.2, 0.25) is 0 Å². The summed E-state index contributed by atoms with van der Waals surface area (Å²) in [5, 5.41) is 6.15. The standard InChI is InChI=1S/C59H68N2O2Si/c1-9-46(64(6,7)8)39-61(5)57-40(3)38-60-52(24-17-12-11-16-22-45-34-35-59(45,4)10-2)56-42(26-30-47(57)44-29-32-49-48-23-18-19-25-53(48)62-54(49)37-44)27-33-51-50-31-28-43(36-55(50)63-58(51)56)41-20-14-13-15-21-41/h13-15,17-21,23-25,27-29,31-33,36-37,39,45,47,57H,3,9-12,16,22,26,30,34-35,38H2,1-2,4-8H3/b24-17-,46-39+,60-52?. The summed E-state index contributed by atoms with van der Waals surface area (Å²) in [5.74, 6) is 1.02. The van der Waals surface area contributed by atoms with Crippen LogP contribution >= 0.6 is 0 Å². The van der Waals surface area contributed by atoms with Crippen LogP contribution in [0, 0.1) is 11.3 Å². The number of unbranched alkanes of at least 4 members (excludes halogenated alkanes) is 2. The first kappa shape index (κ1) is 43.8. The number of likely N-dealkylation sites (N-methyl/N-ethyl adjacent to an activating group) is 1. The maximum absolute atomic E-state index is 7.03. The van der Waals surface area contributed by atoms with Crippen LogP contribution in [0.2, 0.25) is 19.6 Å². The average molecular weight is 865 g/mol. The number of para-hydroxylation sites is 1. The number of rotatable bonds is 13. The monoisotopic (exact) mass is 865 g/mol. The van der Waals surface area contributed by atoms with Gasteiger partial charge in [-0.2, -0.15) is 0 Å². The van der Waals surface area contributed by atoms with Crippen LogP contribution in [0.1, 0.15) is 101 Å². The molecule has 330 valence electrons. The van der Waals surface area contributed by atoms with Gasteiger partial charge in [0, 0.05) is 40.1 Å². The third-order valence-corrected chi connectivity index (χ3v) is 17.8. The lowest BCUT2D eigenvalue weighted by molar-refractivity contribution is 0.0374. The number of fused-ring (bicyclic) bond motifs is 8. The van der Waals surface area contributed by atoms with Gasteiger partial charge in [-0.15, -0.1) is 0 Å². The molecule has 5 heteroatoms. The fraction of sp³-hybridized carbons (Fsp3) is 0.373. The van der Waals surface area contributed by atoms with E-state index in [9.17, 15) is 0 Å². The van der Waals surface area contributed by atoms with Crippen LogP contribution < -0.4 is 0 Å². The van der Waals surface area contributed by atoms with E-state index in [1.165, 1.54) is 55.2 Å². The molecule has 0 N–H and O–H groups in total. The minimum absolute atomic E-state index is 0.0295. The predicted molar refractivity (Wildman–Crippen MR) is 276 cm³/mol. The molecule has 7 aromatic rings. The maximum atomic E-state index is 7.03. The summed E-state index contributed by atoms with van der Waals surface area (Å²) >= 11 is 0. The molecule has 0 saturated heterocycles. The number of aryl methyl sites for hydroxylation is 1. The van der Waals surface area contributed by atoms with E-state index >= 15 is 0 Å². The van der Waals surface area contributed by atoms with Crippen LogP contribution in [0.4, 0.5) is 0 Å². The van der Waals surface area contributed by atoms with E-state index in [1.807, 2.05) is 0 Å². The first-order valence-corrected chi connectivity index (χ1v) is 27.7. The predicted octanol–water partition coefficient (Wildman–Crippen LogP) is 16.6. The molecule has 64 heavy (non-hydrogen) atoms. The summed E-state index contributed by atoms with van der Waals surface area (Å²) in [6.45, 7) is 20.0. The lowest BCUT2D eigenvalue weighted by atomic mass is 9.58. The lowest BCUT2D eigenvalue weighted by Crippen LogP contribution is -2.38. The van der Waals surface area contributed by atoms with Crippen molar-refractivity contribution in [3.8, 4) is 11.1 Å². The molecule has 0 bridgehead atoms. The molecule has 2 aliphatic rings. The number of hydrogen-bond donors (Lipinski definition) is 0. The Labute approximate surface area is 382 Å². The van der Waals surface area contributed by atoms with Crippen molar-refractivity contribution in [2.24, 2.45) is 16.3 Å². The van der Waals surface area contributed by atoms with Crippen LogP contribution in [0.15, 0.2) is 153 Å². The maximum Gasteiger partial charge on any atom is 0.145 e. The van der Waals surface area contributed by atoms with E-state index in [0.29, 0.717) is 12.0 Å². The van der Waals surface area contributed by atoms with Crippen LogP contribution in [0.3, 0.4) is 0 Å². The van der Waals surface area contributed by atoms with Crippen molar-refractivity contribution in [1.29, 1.82) is 0 Å². The third-order valence-electron chi connectivity index (χ3n) is 15.3. The van der Waals surface area contributed by atoms with E-state index < -0.39 is 8.07 Å². The van der Waals surface area contributed by atoms with Gasteiger partial charge in [0.25, 0.3) is 0 Å². The van der Waals surface area contributed by atoms with E-state index in [0.717, 1.165) is 97.9 Å². The zero-order valence-corrected chi connectivity index (χ0v) is 40.5. The first-order chi connectivity index (χ1) is 31.0. The molecular weight excluding hydrogens is 797 g/mol. The molecule has 1 saturated carbocycles. The molecular formula is C59H68N2O2Si. The van der Waals surface area contributed by atoms with Crippen molar-refractivity contribution in [3.63, 3.8) is 0 Å². The minimum atomic E-state index is -1.57. The highest BCUT2D eigenvalue weighted by Crippen LogP contribution is 2.51. The van der Waals surface area contributed by atoms with Crippen molar-refractivity contribution in [3.05, 3.63) is 156 Å². The second-order valence-electron chi connectivity index (χ2n) is 20.3. The lowest BCUT2D eigenvalue weighted by Gasteiger charge is -2.47. The Morgan fingerprint density at radius 3 is 2.31 bits per heavy atom. The van der Waals surface area contributed by atoms with E-state index in [-0.39, 0.29) is 12.0 Å². The topological polar surface area (TPSA) is 41.9 Å². The molecule has 2 aromatic heterocycles. The van der Waals surface area contributed by atoms with Gasteiger partial charge < -0.3 is 13.7 Å². The summed E-state index contributed by atoms with van der Waals surface area (Å²) in [6.07, 6.45) is 18.9. The van der Waals surface area contributed by atoms with E-state index in [4.69, 9.17) is 20.4 Å². The molecule has 0 spiro atoms. The number of hydrogen-bond acceptors (Lipinski definition) is 4. The van der Waals surface area contributed by atoms with Gasteiger partial charge in [0.15, 0.2) is 0 Å². The second kappa shape index (κ2) is 18.2. The Morgan fingerprint density at radius 1 is 0.812 bits per heavy atom. The van der Waals surface area contributed by atoms with Crippen molar-refractivity contribution in [2.75, 3.05) is 13.6 Å². The molecule has 1 fully saturated rings. The Balaban J connectivity index is 1.14. The molecule has 4 nitrogen and oxygen atoms in total. The normalized spacial score (nSPS) is 21.2.